The van der Waals surface area contributed by atoms with Crippen LogP contribution in [0.3, 0.4) is 0 Å². The van der Waals surface area contributed by atoms with Gasteiger partial charge in [0.15, 0.2) is 0 Å². The number of rotatable bonds is 6. The van der Waals surface area contributed by atoms with E-state index in [0.29, 0.717) is 6.42 Å². The highest BCUT2D eigenvalue weighted by Gasteiger charge is 2.02. The molecule has 88 valence electrons. The first-order valence-electron chi connectivity index (χ1n) is 5.00. The molecule has 0 amide bonds. The molecule has 1 rings (SSSR count). The van der Waals surface area contributed by atoms with Gasteiger partial charge in [0.2, 0.25) is 0 Å². The van der Waals surface area contributed by atoms with Gasteiger partial charge >= 0.3 is 0 Å². The molecule has 0 fully saturated rings. The molecule has 0 saturated carbocycles. The number of benzene rings is 1. The van der Waals surface area contributed by atoms with Crippen LogP contribution in [0.25, 0.3) is 0 Å². The molecule has 0 atom stereocenters. The molecule has 0 bridgehead atoms. The average Bonchev–Trinajstić information content (AvgIpc) is 2.34. The number of amidine groups is 1. The second-order valence-electron chi connectivity index (χ2n) is 3.19. The summed E-state index contributed by atoms with van der Waals surface area (Å²) in [6, 6.07) is 7.88. The van der Waals surface area contributed by atoms with Gasteiger partial charge < -0.3 is 15.7 Å². The van der Waals surface area contributed by atoms with E-state index in [9.17, 15) is 0 Å². The fraction of sp³-hybridized carbons (Fsp3) is 0.364. The highest BCUT2D eigenvalue weighted by Crippen LogP contribution is 2.29. The van der Waals surface area contributed by atoms with E-state index >= 15 is 0 Å². The molecule has 0 radical (unpaired) electrons. The van der Waals surface area contributed by atoms with Crippen molar-refractivity contribution in [3.8, 4) is 5.75 Å². The highest BCUT2D eigenvalue weighted by atomic mass is 32.2. The van der Waals surface area contributed by atoms with Crippen molar-refractivity contribution >= 4 is 17.6 Å². The SMILES string of the molecule is COc1ccccc1SCCC/C(N)=N/O. The Bertz CT molecular complexity index is 356. The van der Waals surface area contributed by atoms with Crippen LogP contribution in [-0.2, 0) is 0 Å². The summed E-state index contributed by atoms with van der Waals surface area (Å²) in [5.41, 5.74) is 5.37. The van der Waals surface area contributed by atoms with Gasteiger partial charge in [0.05, 0.1) is 7.11 Å². The molecule has 0 unspecified atom stereocenters. The molecule has 0 aliphatic heterocycles. The maximum Gasteiger partial charge on any atom is 0.139 e. The zero-order valence-electron chi connectivity index (χ0n) is 9.22. The third kappa shape index (κ3) is 4.02. The molecule has 4 nitrogen and oxygen atoms in total. The van der Waals surface area contributed by atoms with Crippen LogP contribution in [0.2, 0.25) is 0 Å². The van der Waals surface area contributed by atoms with Gasteiger partial charge in [0.1, 0.15) is 11.6 Å². The van der Waals surface area contributed by atoms with Gasteiger partial charge in [-0.05, 0) is 24.3 Å². The fourth-order valence-electron chi connectivity index (χ4n) is 1.22. The van der Waals surface area contributed by atoms with Crippen molar-refractivity contribution in [3.05, 3.63) is 24.3 Å². The van der Waals surface area contributed by atoms with E-state index in [0.717, 1.165) is 22.8 Å². The Balaban J connectivity index is 2.37. The van der Waals surface area contributed by atoms with E-state index in [-0.39, 0.29) is 5.84 Å². The molecule has 0 aliphatic rings. The van der Waals surface area contributed by atoms with Gasteiger partial charge in [-0.3, -0.25) is 0 Å². The lowest BCUT2D eigenvalue weighted by Crippen LogP contribution is -2.11. The molecule has 1 aromatic carbocycles. The summed E-state index contributed by atoms with van der Waals surface area (Å²) >= 11 is 1.71. The normalized spacial score (nSPS) is 11.4. The molecular weight excluding hydrogens is 224 g/mol. The van der Waals surface area contributed by atoms with E-state index in [4.69, 9.17) is 15.7 Å². The standard InChI is InChI=1S/C11H16N2O2S/c1-15-9-5-2-3-6-10(9)16-8-4-7-11(12)13-14/h2-3,5-6,14H,4,7-8H2,1H3,(H2,12,13). The minimum atomic E-state index is 0.278. The predicted octanol–water partition coefficient (Wildman–Crippen LogP) is 2.31. The van der Waals surface area contributed by atoms with Gasteiger partial charge in [-0.25, -0.2) is 0 Å². The fourth-order valence-corrected chi connectivity index (χ4v) is 2.20. The van der Waals surface area contributed by atoms with Crippen LogP contribution >= 0.6 is 11.8 Å². The van der Waals surface area contributed by atoms with Crippen molar-refractivity contribution in [2.45, 2.75) is 17.7 Å². The average molecular weight is 240 g/mol. The number of thioether (sulfide) groups is 1. The van der Waals surface area contributed by atoms with Crippen LogP contribution in [-0.4, -0.2) is 23.9 Å². The monoisotopic (exact) mass is 240 g/mol. The first-order valence-corrected chi connectivity index (χ1v) is 5.98. The molecule has 0 aromatic heterocycles. The summed E-state index contributed by atoms with van der Waals surface area (Å²) in [7, 11) is 1.66. The summed E-state index contributed by atoms with van der Waals surface area (Å²) < 4.78 is 5.24. The third-order valence-corrected chi connectivity index (χ3v) is 3.17. The number of oxime groups is 1. The molecule has 0 saturated heterocycles. The lowest BCUT2D eigenvalue weighted by atomic mass is 10.3. The largest absolute Gasteiger partial charge is 0.496 e. The molecule has 1 aromatic rings. The Kier molecular flexibility index (Phi) is 5.56. The zero-order chi connectivity index (χ0) is 11.8. The van der Waals surface area contributed by atoms with Gasteiger partial charge in [-0.1, -0.05) is 17.3 Å². The predicted molar refractivity (Wildman–Crippen MR) is 66.4 cm³/mol. The first kappa shape index (κ1) is 12.7. The summed E-state index contributed by atoms with van der Waals surface area (Å²) in [4.78, 5) is 1.12. The maximum absolute atomic E-state index is 8.37. The molecule has 3 N–H and O–H groups in total. The number of ether oxygens (including phenoxy) is 1. The molecule has 0 spiro atoms. The molecule has 0 heterocycles. The molecular formula is C11H16N2O2S. The number of methoxy groups -OCH3 is 1. The van der Waals surface area contributed by atoms with E-state index in [1.54, 1.807) is 18.9 Å². The lowest BCUT2D eigenvalue weighted by molar-refractivity contribution is 0.317. The summed E-state index contributed by atoms with van der Waals surface area (Å²) in [5.74, 6) is 2.08. The van der Waals surface area contributed by atoms with Crippen LogP contribution in [0.1, 0.15) is 12.8 Å². The van der Waals surface area contributed by atoms with Crippen LogP contribution in [0.5, 0.6) is 5.75 Å². The topological polar surface area (TPSA) is 67.8 Å². The van der Waals surface area contributed by atoms with Crippen molar-refractivity contribution in [1.82, 2.24) is 0 Å². The highest BCUT2D eigenvalue weighted by molar-refractivity contribution is 7.99. The van der Waals surface area contributed by atoms with Gasteiger partial charge in [0, 0.05) is 11.3 Å². The van der Waals surface area contributed by atoms with Crippen LogP contribution < -0.4 is 10.5 Å². The number of hydrogen-bond donors (Lipinski definition) is 2. The smallest absolute Gasteiger partial charge is 0.139 e. The number of para-hydroxylation sites is 1. The Morgan fingerprint density at radius 3 is 2.94 bits per heavy atom. The van der Waals surface area contributed by atoms with Gasteiger partial charge in [-0.2, -0.15) is 0 Å². The second kappa shape index (κ2) is 7.00. The Morgan fingerprint density at radius 1 is 1.50 bits per heavy atom. The third-order valence-electron chi connectivity index (χ3n) is 2.03. The second-order valence-corrected chi connectivity index (χ2v) is 4.33. The first-order chi connectivity index (χ1) is 7.77. The molecule has 16 heavy (non-hydrogen) atoms. The van der Waals surface area contributed by atoms with E-state index in [2.05, 4.69) is 5.16 Å². The molecule has 5 heteroatoms. The van der Waals surface area contributed by atoms with Crippen LogP contribution in [0.15, 0.2) is 34.3 Å². The van der Waals surface area contributed by atoms with Crippen molar-refractivity contribution in [1.29, 1.82) is 0 Å². The van der Waals surface area contributed by atoms with Crippen molar-refractivity contribution in [2.75, 3.05) is 12.9 Å². The summed E-state index contributed by atoms with van der Waals surface area (Å²) in [6.45, 7) is 0. The van der Waals surface area contributed by atoms with E-state index in [1.165, 1.54) is 0 Å². The van der Waals surface area contributed by atoms with Gasteiger partial charge in [-0.15, -0.1) is 11.8 Å². The Hall–Kier alpha value is -1.36. The van der Waals surface area contributed by atoms with Crippen molar-refractivity contribution in [3.63, 3.8) is 0 Å². The van der Waals surface area contributed by atoms with Gasteiger partial charge in [0.25, 0.3) is 0 Å². The van der Waals surface area contributed by atoms with Crippen LogP contribution in [0, 0.1) is 0 Å². The maximum atomic E-state index is 8.37. The zero-order valence-corrected chi connectivity index (χ0v) is 10.0. The van der Waals surface area contributed by atoms with Crippen molar-refractivity contribution < 1.29 is 9.94 Å². The minimum Gasteiger partial charge on any atom is -0.496 e. The summed E-state index contributed by atoms with van der Waals surface area (Å²) in [5, 5.41) is 11.3. The van der Waals surface area contributed by atoms with Crippen LogP contribution in [0.4, 0.5) is 0 Å². The number of hydrogen-bond acceptors (Lipinski definition) is 4. The number of nitrogens with zero attached hydrogens (tertiary/aromatic N) is 1. The van der Waals surface area contributed by atoms with E-state index < -0.39 is 0 Å². The lowest BCUT2D eigenvalue weighted by Gasteiger charge is -2.06. The number of nitrogens with two attached hydrogens (primary N) is 1. The van der Waals surface area contributed by atoms with Crippen molar-refractivity contribution in [2.24, 2.45) is 10.9 Å². The summed E-state index contributed by atoms with van der Waals surface area (Å²) in [6.07, 6.45) is 1.48. The van der Waals surface area contributed by atoms with E-state index in [1.807, 2.05) is 24.3 Å². The quantitative estimate of drug-likeness (QED) is 0.200. The molecule has 0 aliphatic carbocycles. The Labute approximate surface area is 99.5 Å². The minimum absolute atomic E-state index is 0.278. The Morgan fingerprint density at radius 2 is 2.25 bits per heavy atom.